The molecule has 7 heteroatoms. The van der Waals surface area contributed by atoms with Crippen molar-refractivity contribution >= 4 is 11.8 Å². The number of hydrogen-bond acceptors (Lipinski definition) is 4. The van der Waals surface area contributed by atoms with Gasteiger partial charge in [-0.3, -0.25) is 14.3 Å². The summed E-state index contributed by atoms with van der Waals surface area (Å²) < 4.78 is 7.39. The zero-order chi connectivity index (χ0) is 16.6. The average molecular weight is 320 g/mol. The van der Waals surface area contributed by atoms with Gasteiger partial charge >= 0.3 is 0 Å². The SMILES string of the molecule is CC(C)N1C[C@H]2CN(C(=O)c3ccnn3C)CC[C@@H]2OCC1=O. The Balaban J connectivity index is 1.74. The van der Waals surface area contributed by atoms with Gasteiger partial charge in [0.2, 0.25) is 5.91 Å². The smallest absolute Gasteiger partial charge is 0.272 e. The molecule has 0 N–H and O–H groups in total. The number of nitrogens with zero attached hydrogens (tertiary/aromatic N) is 4. The van der Waals surface area contributed by atoms with Crippen LogP contribution in [0.1, 0.15) is 30.8 Å². The number of aryl methyl sites for hydroxylation is 1. The third-order valence-corrected chi connectivity index (χ3v) is 4.79. The van der Waals surface area contributed by atoms with Crippen LogP contribution in [-0.2, 0) is 16.6 Å². The molecule has 23 heavy (non-hydrogen) atoms. The highest BCUT2D eigenvalue weighted by atomic mass is 16.5. The quantitative estimate of drug-likeness (QED) is 0.797. The van der Waals surface area contributed by atoms with Crippen molar-refractivity contribution in [3.63, 3.8) is 0 Å². The van der Waals surface area contributed by atoms with E-state index in [4.69, 9.17) is 4.74 Å². The van der Waals surface area contributed by atoms with Crippen LogP contribution in [0.4, 0.5) is 0 Å². The van der Waals surface area contributed by atoms with Gasteiger partial charge in [-0.1, -0.05) is 0 Å². The summed E-state index contributed by atoms with van der Waals surface area (Å²) in [5.74, 6) is 0.198. The molecule has 0 spiro atoms. The van der Waals surface area contributed by atoms with Crippen molar-refractivity contribution in [2.24, 2.45) is 13.0 Å². The average Bonchev–Trinajstić information content (AvgIpc) is 2.87. The standard InChI is InChI=1S/C16H24N4O3/c1-11(2)20-9-12-8-19(7-5-14(12)23-10-15(20)21)16(22)13-4-6-17-18(13)3/h4,6,11-12,14H,5,7-10H2,1-3H3/t12-,14+/m1/s1. The van der Waals surface area contributed by atoms with E-state index in [0.29, 0.717) is 25.3 Å². The van der Waals surface area contributed by atoms with Crippen LogP contribution < -0.4 is 0 Å². The lowest BCUT2D eigenvalue weighted by molar-refractivity contribution is -0.136. The summed E-state index contributed by atoms with van der Waals surface area (Å²) in [6.07, 6.45) is 2.46. The van der Waals surface area contributed by atoms with Crippen molar-refractivity contribution < 1.29 is 14.3 Å². The third-order valence-electron chi connectivity index (χ3n) is 4.79. The van der Waals surface area contributed by atoms with E-state index >= 15 is 0 Å². The molecule has 2 saturated heterocycles. The number of carbonyl (C=O) groups is 2. The first-order valence-electron chi connectivity index (χ1n) is 8.15. The zero-order valence-electron chi connectivity index (χ0n) is 13.9. The molecule has 0 bridgehead atoms. The Hall–Kier alpha value is -1.89. The number of likely N-dealkylation sites (tertiary alicyclic amines) is 1. The third kappa shape index (κ3) is 3.10. The Labute approximate surface area is 136 Å². The van der Waals surface area contributed by atoms with Crippen molar-refractivity contribution in [2.75, 3.05) is 26.2 Å². The maximum Gasteiger partial charge on any atom is 0.272 e. The van der Waals surface area contributed by atoms with Gasteiger partial charge in [0, 0.05) is 44.8 Å². The van der Waals surface area contributed by atoms with Gasteiger partial charge in [0.1, 0.15) is 12.3 Å². The first kappa shape index (κ1) is 16.0. The van der Waals surface area contributed by atoms with Gasteiger partial charge in [-0.2, -0.15) is 5.10 Å². The lowest BCUT2D eigenvalue weighted by Gasteiger charge is -2.38. The molecule has 2 fully saturated rings. The lowest BCUT2D eigenvalue weighted by Crippen LogP contribution is -2.50. The van der Waals surface area contributed by atoms with Gasteiger partial charge in [0.15, 0.2) is 0 Å². The summed E-state index contributed by atoms with van der Waals surface area (Å²) in [6, 6.07) is 1.88. The Morgan fingerprint density at radius 1 is 1.39 bits per heavy atom. The van der Waals surface area contributed by atoms with E-state index in [0.717, 1.165) is 6.42 Å². The fraction of sp³-hybridized carbons (Fsp3) is 0.688. The number of fused-ring (bicyclic) bond motifs is 1. The second-order valence-corrected chi connectivity index (χ2v) is 6.63. The Kier molecular flexibility index (Phi) is 4.39. The van der Waals surface area contributed by atoms with Crippen molar-refractivity contribution in [3.8, 4) is 0 Å². The first-order chi connectivity index (χ1) is 11.0. The number of hydrogen-bond donors (Lipinski definition) is 0. The van der Waals surface area contributed by atoms with E-state index in [-0.39, 0.29) is 36.5 Å². The van der Waals surface area contributed by atoms with Gasteiger partial charge in [0.05, 0.1) is 6.10 Å². The summed E-state index contributed by atoms with van der Waals surface area (Å²) >= 11 is 0. The normalized spacial score (nSPS) is 25.5. The molecule has 3 heterocycles. The summed E-state index contributed by atoms with van der Waals surface area (Å²) in [7, 11) is 1.77. The fourth-order valence-corrected chi connectivity index (χ4v) is 3.45. The predicted octanol–water partition coefficient (Wildman–Crippen LogP) is 0.518. The largest absolute Gasteiger partial charge is 0.368 e. The monoisotopic (exact) mass is 320 g/mol. The van der Waals surface area contributed by atoms with Crippen molar-refractivity contribution in [1.29, 1.82) is 0 Å². The highest BCUT2D eigenvalue weighted by Crippen LogP contribution is 2.26. The summed E-state index contributed by atoms with van der Waals surface area (Å²) in [6.45, 7) is 6.09. The highest BCUT2D eigenvalue weighted by Gasteiger charge is 2.38. The van der Waals surface area contributed by atoms with Crippen molar-refractivity contribution in [1.82, 2.24) is 19.6 Å². The van der Waals surface area contributed by atoms with Crippen molar-refractivity contribution in [2.45, 2.75) is 32.4 Å². The molecule has 2 aliphatic rings. The number of piperidine rings is 1. The Bertz CT molecular complexity index is 598. The molecular weight excluding hydrogens is 296 g/mol. The molecule has 2 aliphatic heterocycles. The molecule has 126 valence electrons. The molecule has 0 aliphatic carbocycles. The van der Waals surface area contributed by atoms with Crippen LogP contribution in [0.15, 0.2) is 12.3 Å². The Morgan fingerprint density at radius 3 is 2.83 bits per heavy atom. The van der Waals surface area contributed by atoms with E-state index in [1.54, 1.807) is 24.0 Å². The lowest BCUT2D eigenvalue weighted by atomic mass is 9.93. The first-order valence-corrected chi connectivity index (χ1v) is 8.15. The van der Waals surface area contributed by atoms with Crippen LogP contribution in [0, 0.1) is 5.92 Å². The minimum absolute atomic E-state index is 0.00452. The molecule has 3 rings (SSSR count). The molecule has 7 nitrogen and oxygen atoms in total. The molecule has 1 aromatic heterocycles. The minimum Gasteiger partial charge on any atom is -0.368 e. The topological polar surface area (TPSA) is 67.7 Å². The van der Waals surface area contributed by atoms with Crippen LogP contribution >= 0.6 is 0 Å². The number of ether oxygens (including phenoxy) is 1. The Morgan fingerprint density at radius 2 is 2.17 bits per heavy atom. The molecule has 0 saturated carbocycles. The second kappa shape index (κ2) is 6.31. The van der Waals surface area contributed by atoms with Crippen LogP contribution in [0.25, 0.3) is 0 Å². The maximum atomic E-state index is 12.7. The number of carbonyl (C=O) groups excluding carboxylic acids is 2. The molecular formula is C16H24N4O3. The van der Waals surface area contributed by atoms with Crippen LogP contribution in [0.3, 0.4) is 0 Å². The molecule has 2 atom stereocenters. The molecule has 1 aromatic rings. The summed E-state index contributed by atoms with van der Waals surface area (Å²) in [5.41, 5.74) is 0.592. The minimum atomic E-state index is -0.00452. The fourth-order valence-electron chi connectivity index (χ4n) is 3.45. The zero-order valence-corrected chi connectivity index (χ0v) is 13.9. The predicted molar refractivity (Wildman–Crippen MR) is 83.8 cm³/mol. The maximum absolute atomic E-state index is 12.7. The van der Waals surface area contributed by atoms with Gasteiger partial charge in [0.25, 0.3) is 5.91 Å². The van der Waals surface area contributed by atoms with E-state index in [1.807, 2.05) is 23.6 Å². The van der Waals surface area contributed by atoms with Gasteiger partial charge < -0.3 is 14.5 Å². The highest BCUT2D eigenvalue weighted by molar-refractivity contribution is 5.92. The van der Waals surface area contributed by atoms with Gasteiger partial charge in [-0.05, 0) is 26.3 Å². The molecule has 2 amide bonds. The summed E-state index contributed by atoms with van der Waals surface area (Å²) in [4.78, 5) is 28.5. The molecule has 0 radical (unpaired) electrons. The van der Waals surface area contributed by atoms with E-state index in [9.17, 15) is 9.59 Å². The number of rotatable bonds is 2. The van der Waals surface area contributed by atoms with Crippen LogP contribution in [0.2, 0.25) is 0 Å². The van der Waals surface area contributed by atoms with E-state index in [2.05, 4.69) is 5.10 Å². The molecule has 0 aromatic carbocycles. The van der Waals surface area contributed by atoms with Crippen molar-refractivity contribution in [3.05, 3.63) is 18.0 Å². The van der Waals surface area contributed by atoms with Gasteiger partial charge in [-0.25, -0.2) is 0 Å². The van der Waals surface area contributed by atoms with Crippen LogP contribution in [0.5, 0.6) is 0 Å². The van der Waals surface area contributed by atoms with Gasteiger partial charge in [-0.15, -0.1) is 0 Å². The number of amides is 2. The molecule has 0 unspecified atom stereocenters. The van der Waals surface area contributed by atoms with E-state index in [1.165, 1.54) is 0 Å². The van der Waals surface area contributed by atoms with E-state index < -0.39 is 0 Å². The second-order valence-electron chi connectivity index (χ2n) is 6.63. The summed E-state index contributed by atoms with van der Waals surface area (Å²) in [5, 5.41) is 4.07. The number of aromatic nitrogens is 2. The van der Waals surface area contributed by atoms with Crippen LogP contribution in [-0.4, -0.2) is 69.8 Å².